The predicted molar refractivity (Wildman–Crippen MR) is 26.4 cm³/mol. The average molecular weight is 145 g/mol. The van der Waals surface area contributed by atoms with E-state index in [0.29, 0.717) is 0 Å². The van der Waals surface area contributed by atoms with Gasteiger partial charge in [0, 0.05) is 6.92 Å². The zero-order chi connectivity index (χ0) is 5.86. The van der Waals surface area contributed by atoms with E-state index in [0.717, 1.165) is 0 Å². The van der Waals surface area contributed by atoms with Gasteiger partial charge in [-0.2, -0.15) is 0 Å². The predicted octanol–water partition coefficient (Wildman–Crippen LogP) is -1.96. The molecule has 42 valence electrons. The summed E-state index contributed by atoms with van der Waals surface area (Å²) >= 11 is 0. The van der Waals surface area contributed by atoms with Crippen LogP contribution >= 0.6 is 8.03 Å². The van der Waals surface area contributed by atoms with Crippen LogP contribution in [0.25, 0.3) is 0 Å². The molecule has 0 amide bonds. The summed E-state index contributed by atoms with van der Waals surface area (Å²) in [6.45, 7) is 1.22. The summed E-state index contributed by atoms with van der Waals surface area (Å²) in [5.74, 6) is 0. The number of carbonyl (C=O) groups is 1. The first-order chi connectivity index (χ1) is 3.18. The van der Waals surface area contributed by atoms with E-state index in [1.54, 1.807) is 0 Å². The molecule has 5 heteroatoms. The van der Waals surface area contributed by atoms with E-state index in [1.165, 1.54) is 14.0 Å². The number of rotatable bonds is 2. The van der Waals surface area contributed by atoms with Gasteiger partial charge in [-0.15, -0.1) is 4.52 Å². The Labute approximate surface area is 72.4 Å². The topological polar surface area (TPSA) is 43.4 Å². The van der Waals surface area contributed by atoms with Crippen molar-refractivity contribution in [2.45, 2.75) is 6.92 Å². The number of hydrogen-bond acceptors (Lipinski definition) is 3. The van der Waals surface area contributed by atoms with Crippen molar-refractivity contribution in [1.82, 2.24) is 0 Å². The molecular weight excluding hydrogens is 138 g/mol. The molecule has 0 aromatic rings. The Hall–Kier alpha value is 0.730. The van der Waals surface area contributed by atoms with Crippen molar-refractivity contribution < 1.29 is 44.9 Å². The van der Waals surface area contributed by atoms with Crippen LogP contribution in [0.5, 0.6) is 0 Å². The monoisotopic (exact) mass is 145 g/mol. The van der Waals surface area contributed by atoms with E-state index in [-0.39, 0.29) is 31.0 Å². The van der Waals surface area contributed by atoms with Crippen LogP contribution in [0.3, 0.4) is 0 Å². The molecule has 0 saturated heterocycles. The van der Waals surface area contributed by atoms with Crippen LogP contribution in [0.4, 0.5) is 0 Å². The van der Waals surface area contributed by atoms with Crippen LogP contribution in [-0.2, 0) is 13.9 Å². The molecule has 8 heavy (non-hydrogen) atoms. The fourth-order valence-electron chi connectivity index (χ4n) is 0.129. The van der Waals surface area contributed by atoms with Gasteiger partial charge in [-0.3, -0.25) is 0 Å². The molecule has 1 unspecified atom stereocenters. The Morgan fingerprint density at radius 2 is 2.12 bits per heavy atom. The number of carbonyl (C=O) groups excluding carboxylic acids is 1. The minimum Gasteiger partial charge on any atom is -1.00 e. The molecule has 0 bridgehead atoms. The van der Waals surface area contributed by atoms with E-state index in [2.05, 4.69) is 4.52 Å². The maximum Gasteiger partial charge on any atom is 1.00 e. The summed E-state index contributed by atoms with van der Waals surface area (Å²) in [5.41, 5.74) is -0.419. The fraction of sp³-hybridized carbons (Fsp3) is 0.667. The van der Waals surface area contributed by atoms with Crippen molar-refractivity contribution in [3.63, 3.8) is 0 Å². The van der Waals surface area contributed by atoms with Gasteiger partial charge in [-0.1, -0.05) is 0 Å². The van der Waals surface area contributed by atoms with Crippen molar-refractivity contribution in [2.24, 2.45) is 0 Å². The molecule has 0 aliphatic carbocycles. The molecule has 0 heterocycles. The molecular formula is C3H7NaO3P+. The van der Waals surface area contributed by atoms with Crippen molar-refractivity contribution in [1.29, 1.82) is 0 Å². The van der Waals surface area contributed by atoms with Gasteiger partial charge < -0.3 is 1.43 Å². The Balaban J connectivity index is -0.000000180. The molecule has 0 radical (unpaired) electrons. The zero-order valence-electron chi connectivity index (χ0n) is 6.17. The van der Waals surface area contributed by atoms with E-state index in [9.17, 15) is 9.36 Å². The van der Waals surface area contributed by atoms with Gasteiger partial charge in [0.25, 0.3) is 0 Å². The third-order valence-electron chi connectivity index (χ3n) is 0.423. The summed E-state index contributed by atoms with van der Waals surface area (Å²) in [5, 5.41) is 0. The summed E-state index contributed by atoms with van der Waals surface area (Å²) in [6.07, 6.45) is 0. The van der Waals surface area contributed by atoms with Crippen molar-refractivity contribution in [3.8, 4) is 0 Å². The van der Waals surface area contributed by atoms with E-state index < -0.39 is 13.6 Å². The second kappa shape index (κ2) is 5.86. The minimum absolute atomic E-state index is 0. The molecule has 0 aromatic carbocycles. The summed E-state index contributed by atoms with van der Waals surface area (Å²) in [4.78, 5) is 9.97. The first kappa shape index (κ1) is 11.5. The first-order valence-corrected chi connectivity index (χ1v) is 2.88. The average Bonchev–Trinajstić information content (AvgIpc) is 1.65. The molecule has 0 aromatic heterocycles. The maximum atomic E-state index is 10.1. The normalized spacial score (nSPS) is 9.50. The van der Waals surface area contributed by atoms with Crippen molar-refractivity contribution >= 4 is 13.6 Å². The van der Waals surface area contributed by atoms with Crippen LogP contribution in [0.1, 0.15) is 8.35 Å². The smallest absolute Gasteiger partial charge is 1.00 e. The van der Waals surface area contributed by atoms with Crippen LogP contribution < -0.4 is 29.6 Å². The quantitative estimate of drug-likeness (QED) is 0.334. The van der Waals surface area contributed by atoms with Gasteiger partial charge in [-0.05, 0) is 4.57 Å². The third-order valence-corrected chi connectivity index (χ3v) is 1.27. The van der Waals surface area contributed by atoms with Gasteiger partial charge in [0.2, 0.25) is 0 Å². The van der Waals surface area contributed by atoms with E-state index in [4.69, 9.17) is 0 Å². The van der Waals surface area contributed by atoms with Gasteiger partial charge >= 0.3 is 43.1 Å². The molecule has 0 aliphatic heterocycles. The standard InChI is InChI=1S/C3H6O3P.Na.H/c1-3(4)7(5)6-2;;/h1-2H3;;/q2*+1;-1. The summed E-state index contributed by atoms with van der Waals surface area (Å²) in [7, 11) is -0.790. The molecule has 0 N–H and O–H groups in total. The van der Waals surface area contributed by atoms with Crippen molar-refractivity contribution in [3.05, 3.63) is 0 Å². The molecule has 0 aliphatic rings. The van der Waals surface area contributed by atoms with Crippen LogP contribution in [0, 0.1) is 0 Å². The Kier molecular flexibility index (Phi) is 8.44. The van der Waals surface area contributed by atoms with Gasteiger partial charge in [0.05, 0.1) is 7.11 Å². The fourth-order valence-corrected chi connectivity index (χ4v) is 0.386. The second-order valence-electron chi connectivity index (χ2n) is 0.959. The van der Waals surface area contributed by atoms with E-state index >= 15 is 0 Å². The Bertz CT molecular complexity index is 107. The molecule has 0 saturated carbocycles. The first-order valence-electron chi connectivity index (χ1n) is 1.70. The van der Waals surface area contributed by atoms with Crippen LogP contribution in [-0.4, -0.2) is 12.6 Å². The summed E-state index contributed by atoms with van der Waals surface area (Å²) in [6, 6.07) is 0. The molecule has 0 fully saturated rings. The molecule has 0 rings (SSSR count). The summed E-state index contributed by atoms with van der Waals surface area (Å²) < 4.78 is 14.3. The Morgan fingerprint density at radius 1 is 1.75 bits per heavy atom. The minimum atomic E-state index is -2.03. The Morgan fingerprint density at radius 3 is 2.12 bits per heavy atom. The molecule has 3 nitrogen and oxygen atoms in total. The second-order valence-corrected chi connectivity index (χ2v) is 2.47. The zero-order valence-corrected chi connectivity index (χ0v) is 8.07. The van der Waals surface area contributed by atoms with Crippen LogP contribution in [0.2, 0.25) is 0 Å². The number of hydrogen-bond donors (Lipinski definition) is 0. The van der Waals surface area contributed by atoms with Gasteiger partial charge in [0.15, 0.2) is 0 Å². The van der Waals surface area contributed by atoms with E-state index in [1.807, 2.05) is 0 Å². The van der Waals surface area contributed by atoms with Crippen molar-refractivity contribution in [2.75, 3.05) is 7.11 Å². The van der Waals surface area contributed by atoms with Gasteiger partial charge in [0.1, 0.15) is 0 Å². The maximum absolute atomic E-state index is 10.1. The third kappa shape index (κ3) is 4.88. The van der Waals surface area contributed by atoms with Crippen LogP contribution in [0.15, 0.2) is 0 Å². The molecule has 0 spiro atoms. The SMILES string of the molecule is CO[P+](=O)C(C)=O.[H-].[Na+]. The van der Waals surface area contributed by atoms with Gasteiger partial charge in [-0.25, -0.2) is 4.79 Å². The largest absolute Gasteiger partial charge is 1.00 e. The molecule has 1 atom stereocenters.